The summed E-state index contributed by atoms with van der Waals surface area (Å²) in [5.41, 5.74) is 1.18. The normalized spacial score (nSPS) is 10.9. The van der Waals surface area contributed by atoms with E-state index in [9.17, 15) is 0 Å². The zero-order chi connectivity index (χ0) is 10.8. The lowest BCUT2D eigenvalue weighted by molar-refractivity contribution is 0.839. The van der Waals surface area contributed by atoms with Crippen LogP contribution >= 0.6 is 11.6 Å². The lowest BCUT2D eigenvalue weighted by Gasteiger charge is -2.02. The number of hydrogen-bond acceptors (Lipinski definition) is 2. The molecule has 0 aliphatic rings. The molecule has 0 saturated heterocycles. The molecule has 2 aromatic rings. The summed E-state index contributed by atoms with van der Waals surface area (Å²) in [6.45, 7) is 4.25. The fourth-order valence-corrected chi connectivity index (χ4v) is 1.50. The molecule has 0 saturated carbocycles. The first-order chi connectivity index (χ1) is 7.18. The van der Waals surface area contributed by atoms with Crippen LogP contribution in [0.4, 0.5) is 0 Å². The van der Waals surface area contributed by atoms with Crippen LogP contribution in [0.25, 0.3) is 5.82 Å². The molecule has 0 aromatic carbocycles. The Balaban J connectivity index is 2.42. The zero-order valence-electron chi connectivity index (χ0n) is 8.68. The Morgan fingerprint density at radius 2 is 2.20 bits per heavy atom. The van der Waals surface area contributed by atoms with Gasteiger partial charge in [-0.2, -0.15) is 5.10 Å². The van der Waals surface area contributed by atoms with Crippen LogP contribution in [-0.4, -0.2) is 14.8 Å². The second kappa shape index (κ2) is 4.03. The number of halogens is 1. The SMILES string of the molecule is CC(C)c1cnn(-c2ncccc2Cl)c1. The van der Waals surface area contributed by atoms with Crippen LogP contribution in [0, 0.1) is 0 Å². The topological polar surface area (TPSA) is 30.7 Å². The van der Waals surface area contributed by atoms with E-state index in [1.807, 2.05) is 12.4 Å². The summed E-state index contributed by atoms with van der Waals surface area (Å²) >= 11 is 6.02. The van der Waals surface area contributed by atoms with Crippen molar-refractivity contribution in [3.05, 3.63) is 41.3 Å². The third kappa shape index (κ3) is 2.02. The summed E-state index contributed by atoms with van der Waals surface area (Å²) in [5.74, 6) is 1.13. The molecule has 0 amide bonds. The second-order valence-corrected chi connectivity index (χ2v) is 4.09. The van der Waals surface area contributed by atoms with Gasteiger partial charge in [-0.25, -0.2) is 9.67 Å². The summed E-state index contributed by atoms with van der Waals surface area (Å²) in [5, 5.41) is 4.85. The first-order valence-electron chi connectivity index (χ1n) is 4.84. The van der Waals surface area contributed by atoms with E-state index >= 15 is 0 Å². The highest BCUT2D eigenvalue weighted by Crippen LogP contribution is 2.19. The number of nitrogens with zero attached hydrogens (tertiary/aromatic N) is 3. The molecule has 0 bridgehead atoms. The fraction of sp³-hybridized carbons (Fsp3) is 0.273. The lowest BCUT2D eigenvalue weighted by Crippen LogP contribution is -1.98. The fourth-order valence-electron chi connectivity index (χ4n) is 1.30. The molecule has 0 aliphatic carbocycles. The lowest BCUT2D eigenvalue weighted by atomic mass is 10.1. The van der Waals surface area contributed by atoms with E-state index in [0.29, 0.717) is 16.8 Å². The molecular formula is C11H12ClN3. The van der Waals surface area contributed by atoms with E-state index in [2.05, 4.69) is 23.9 Å². The Labute approximate surface area is 93.7 Å². The molecular weight excluding hydrogens is 210 g/mol. The molecule has 0 fully saturated rings. The van der Waals surface area contributed by atoms with Gasteiger partial charge in [0.05, 0.1) is 11.2 Å². The third-order valence-electron chi connectivity index (χ3n) is 2.23. The molecule has 0 atom stereocenters. The van der Waals surface area contributed by atoms with Crippen LogP contribution in [0.1, 0.15) is 25.3 Å². The van der Waals surface area contributed by atoms with Gasteiger partial charge in [-0.3, -0.25) is 0 Å². The van der Waals surface area contributed by atoms with Gasteiger partial charge in [-0.05, 0) is 23.6 Å². The van der Waals surface area contributed by atoms with Gasteiger partial charge >= 0.3 is 0 Å². The van der Waals surface area contributed by atoms with Gasteiger partial charge in [-0.1, -0.05) is 25.4 Å². The van der Waals surface area contributed by atoms with Crippen LogP contribution in [0.5, 0.6) is 0 Å². The van der Waals surface area contributed by atoms with Crippen molar-refractivity contribution in [3.8, 4) is 5.82 Å². The molecule has 2 heterocycles. The Morgan fingerprint density at radius 1 is 1.40 bits per heavy atom. The van der Waals surface area contributed by atoms with Gasteiger partial charge in [-0.15, -0.1) is 0 Å². The van der Waals surface area contributed by atoms with Crippen molar-refractivity contribution in [1.82, 2.24) is 14.8 Å². The maximum atomic E-state index is 6.02. The highest BCUT2D eigenvalue weighted by atomic mass is 35.5. The number of pyridine rings is 1. The van der Waals surface area contributed by atoms with Crippen LogP contribution in [0.2, 0.25) is 5.02 Å². The molecule has 3 nitrogen and oxygen atoms in total. The minimum atomic E-state index is 0.459. The number of aromatic nitrogens is 3. The molecule has 0 N–H and O–H groups in total. The van der Waals surface area contributed by atoms with Crippen molar-refractivity contribution in [3.63, 3.8) is 0 Å². The molecule has 2 rings (SSSR count). The minimum Gasteiger partial charge on any atom is -0.236 e. The molecule has 0 aliphatic heterocycles. The van der Waals surface area contributed by atoms with Crippen molar-refractivity contribution in [1.29, 1.82) is 0 Å². The Bertz CT molecular complexity index is 462. The van der Waals surface area contributed by atoms with Crippen molar-refractivity contribution < 1.29 is 0 Å². The van der Waals surface area contributed by atoms with E-state index in [0.717, 1.165) is 0 Å². The largest absolute Gasteiger partial charge is 0.236 e. The van der Waals surface area contributed by atoms with Crippen LogP contribution in [-0.2, 0) is 0 Å². The monoisotopic (exact) mass is 221 g/mol. The van der Waals surface area contributed by atoms with E-state index in [4.69, 9.17) is 11.6 Å². The molecule has 0 unspecified atom stereocenters. The summed E-state index contributed by atoms with van der Waals surface area (Å²) in [6.07, 6.45) is 5.51. The van der Waals surface area contributed by atoms with Crippen molar-refractivity contribution in [2.24, 2.45) is 0 Å². The molecule has 4 heteroatoms. The highest BCUT2D eigenvalue weighted by Gasteiger charge is 2.07. The molecule has 78 valence electrons. The minimum absolute atomic E-state index is 0.459. The Hall–Kier alpha value is -1.35. The van der Waals surface area contributed by atoms with Gasteiger partial charge < -0.3 is 0 Å². The van der Waals surface area contributed by atoms with E-state index < -0.39 is 0 Å². The standard InChI is InChI=1S/C11H12ClN3/c1-8(2)9-6-14-15(7-9)11-10(12)4-3-5-13-11/h3-8H,1-2H3. The maximum absolute atomic E-state index is 6.02. The average molecular weight is 222 g/mol. The molecule has 0 radical (unpaired) electrons. The van der Waals surface area contributed by atoms with Gasteiger partial charge in [0.1, 0.15) is 0 Å². The smallest absolute Gasteiger partial charge is 0.172 e. The van der Waals surface area contributed by atoms with Crippen molar-refractivity contribution in [2.45, 2.75) is 19.8 Å². The van der Waals surface area contributed by atoms with Gasteiger partial charge in [0.25, 0.3) is 0 Å². The summed E-state index contributed by atoms with van der Waals surface area (Å²) in [7, 11) is 0. The molecule has 0 spiro atoms. The van der Waals surface area contributed by atoms with Crippen molar-refractivity contribution in [2.75, 3.05) is 0 Å². The first-order valence-corrected chi connectivity index (χ1v) is 5.21. The summed E-state index contributed by atoms with van der Waals surface area (Å²) < 4.78 is 1.71. The third-order valence-corrected chi connectivity index (χ3v) is 2.52. The predicted molar refractivity (Wildman–Crippen MR) is 60.5 cm³/mol. The van der Waals surface area contributed by atoms with Crippen LogP contribution in [0.3, 0.4) is 0 Å². The van der Waals surface area contributed by atoms with E-state index in [1.54, 1.807) is 23.0 Å². The summed E-state index contributed by atoms with van der Waals surface area (Å²) in [4.78, 5) is 4.19. The Kier molecular flexibility index (Phi) is 2.73. The summed E-state index contributed by atoms with van der Waals surface area (Å²) in [6, 6.07) is 3.61. The molecule has 15 heavy (non-hydrogen) atoms. The first kappa shape index (κ1) is 10.2. The van der Waals surface area contributed by atoms with Gasteiger partial charge in [0, 0.05) is 12.4 Å². The quantitative estimate of drug-likeness (QED) is 0.781. The van der Waals surface area contributed by atoms with Gasteiger partial charge in [0.2, 0.25) is 0 Å². The van der Waals surface area contributed by atoms with Crippen LogP contribution < -0.4 is 0 Å². The van der Waals surface area contributed by atoms with E-state index in [1.165, 1.54) is 5.56 Å². The van der Waals surface area contributed by atoms with Gasteiger partial charge in [0.15, 0.2) is 5.82 Å². The van der Waals surface area contributed by atoms with Crippen molar-refractivity contribution >= 4 is 11.6 Å². The average Bonchev–Trinajstić information content (AvgIpc) is 2.67. The maximum Gasteiger partial charge on any atom is 0.172 e. The van der Waals surface area contributed by atoms with Crippen LogP contribution in [0.15, 0.2) is 30.7 Å². The Morgan fingerprint density at radius 3 is 2.80 bits per heavy atom. The molecule has 2 aromatic heterocycles. The van der Waals surface area contributed by atoms with E-state index in [-0.39, 0.29) is 0 Å². The second-order valence-electron chi connectivity index (χ2n) is 3.68. The number of hydrogen-bond donors (Lipinski definition) is 0. The zero-order valence-corrected chi connectivity index (χ0v) is 9.44. The predicted octanol–water partition coefficient (Wildman–Crippen LogP) is 3.04. The number of rotatable bonds is 2. The highest BCUT2D eigenvalue weighted by molar-refractivity contribution is 6.32.